The first kappa shape index (κ1) is 20.8. The quantitative estimate of drug-likeness (QED) is 0.672. The number of aryl methyl sites for hydroxylation is 2. The minimum Gasteiger partial charge on any atom is -0.392 e. The predicted molar refractivity (Wildman–Crippen MR) is 116 cm³/mol. The smallest absolute Gasteiger partial charge is 0.140 e. The molecule has 3 unspecified atom stereocenters. The molecule has 2 aliphatic rings. The first-order valence-electron chi connectivity index (χ1n) is 10.9. The van der Waals surface area contributed by atoms with Gasteiger partial charge in [0, 0.05) is 18.3 Å². The van der Waals surface area contributed by atoms with Gasteiger partial charge in [-0.05, 0) is 50.7 Å². The summed E-state index contributed by atoms with van der Waals surface area (Å²) in [4.78, 5) is 11.7. The van der Waals surface area contributed by atoms with Gasteiger partial charge in [-0.3, -0.25) is 4.79 Å². The molecule has 2 aliphatic carbocycles. The molecule has 0 saturated heterocycles. The van der Waals surface area contributed by atoms with Crippen LogP contribution in [0.3, 0.4) is 0 Å². The van der Waals surface area contributed by atoms with Gasteiger partial charge in [0.15, 0.2) is 0 Å². The molecule has 3 atom stereocenters. The van der Waals surface area contributed by atoms with Gasteiger partial charge >= 0.3 is 0 Å². The SMILES string of the molecule is Cc1ccc(C2CCCCC2=O)cc1.Cc1ccc(C2CCCCC2O)cc1. The van der Waals surface area contributed by atoms with Gasteiger partial charge in [0.25, 0.3) is 0 Å². The van der Waals surface area contributed by atoms with E-state index in [4.69, 9.17) is 0 Å². The zero-order valence-electron chi connectivity index (χ0n) is 17.4. The van der Waals surface area contributed by atoms with Crippen LogP contribution in [0, 0.1) is 13.8 Å². The number of hydrogen-bond acceptors (Lipinski definition) is 2. The van der Waals surface area contributed by atoms with Crippen LogP contribution in [0.4, 0.5) is 0 Å². The lowest BCUT2D eigenvalue weighted by Gasteiger charge is -2.27. The van der Waals surface area contributed by atoms with Crippen molar-refractivity contribution in [3.05, 3.63) is 70.8 Å². The molecule has 2 saturated carbocycles. The lowest BCUT2D eigenvalue weighted by Crippen LogP contribution is -2.22. The summed E-state index contributed by atoms with van der Waals surface area (Å²) in [6.45, 7) is 4.17. The van der Waals surface area contributed by atoms with Gasteiger partial charge in [0.05, 0.1) is 6.10 Å². The number of aliphatic hydroxyl groups is 1. The summed E-state index contributed by atoms with van der Waals surface area (Å²) in [7, 11) is 0. The second-order valence-corrected chi connectivity index (χ2v) is 8.54. The van der Waals surface area contributed by atoms with Crippen LogP contribution in [0.5, 0.6) is 0 Å². The fraction of sp³-hybridized carbons (Fsp3) is 0.500. The van der Waals surface area contributed by atoms with Crippen LogP contribution in [0.1, 0.15) is 85.5 Å². The Morgan fingerprint density at radius 2 is 1.25 bits per heavy atom. The van der Waals surface area contributed by atoms with Crippen molar-refractivity contribution in [3.8, 4) is 0 Å². The highest BCUT2D eigenvalue weighted by atomic mass is 16.3. The van der Waals surface area contributed by atoms with E-state index in [1.807, 2.05) is 0 Å². The molecule has 1 N–H and O–H groups in total. The first-order chi connectivity index (χ1) is 13.5. The van der Waals surface area contributed by atoms with Crippen molar-refractivity contribution >= 4 is 5.78 Å². The summed E-state index contributed by atoms with van der Waals surface area (Å²) in [5.74, 6) is 0.994. The van der Waals surface area contributed by atoms with Crippen molar-refractivity contribution in [2.75, 3.05) is 0 Å². The molecule has 0 radical (unpaired) electrons. The van der Waals surface area contributed by atoms with Crippen LogP contribution in [-0.2, 0) is 4.79 Å². The van der Waals surface area contributed by atoms with E-state index in [-0.39, 0.29) is 12.0 Å². The van der Waals surface area contributed by atoms with Gasteiger partial charge in [-0.15, -0.1) is 0 Å². The number of ketones is 1. The Morgan fingerprint density at radius 1 is 0.714 bits per heavy atom. The Bertz CT molecular complexity index is 745. The molecule has 4 rings (SSSR count). The molecule has 0 heterocycles. The number of carbonyl (C=O) groups is 1. The second kappa shape index (κ2) is 10.0. The third kappa shape index (κ3) is 5.54. The maximum Gasteiger partial charge on any atom is 0.140 e. The van der Waals surface area contributed by atoms with Crippen molar-refractivity contribution < 1.29 is 9.90 Å². The highest BCUT2D eigenvalue weighted by Gasteiger charge is 2.24. The minimum absolute atomic E-state index is 0.119. The monoisotopic (exact) mass is 378 g/mol. The van der Waals surface area contributed by atoms with Gasteiger partial charge in [0.2, 0.25) is 0 Å². The van der Waals surface area contributed by atoms with Gasteiger partial charge in [-0.2, -0.15) is 0 Å². The fourth-order valence-electron chi connectivity index (χ4n) is 4.45. The van der Waals surface area contributed by atoms with Crippen LogP contribution in [-0.4, -0.2) is 17.0 Å². The summed E-state index contributed by atoms with van der Waals surface area (Å²) < 4.78 is 0. The fourth-order valence-corrected chi connectivity index (χ4v) is 4.45. The Hall–Kier alpha value is -1.93. The van der Waals surface area contributed by atoms with E-state index >= 15 is 0 Å². The van der Waals surface area contributed by atoms with Crippen LogP contribution in [0.15, 0.2) is 48.5 Å². The number of hydrogen-bond donors (Lipinski definition) is 1. The number of aliphatic hydroxyl groups excluding tert-OH is 1. The molecule has 0 aliphatic heterocycles. The molecule has 2 aromatic carbocycles. The normalized spacial score (nSPS) is 25.0. The molecule has 0 bridgehead atoms. The van der Waals surface area contributed by atoms with Gasteiger partial charge in [-0.1, -0.05) is 78.9 Å². The van der Waals surface area contributed by atoms with Crippen LogP contribution in [0.2, 0.25) is 0 Å². The Balaban J connectivity index is 0.000000161. The zero-order valence-corrected chi connectivity index (χ0v) is 17.4. The molecular formula is C26H34O2. The summed E-state index contributed by atoms with van der Waals surface area (Å²) in [5, 5.41) is 9.89. The molecule has 2 nitrogen and oxygen atoms in total. The molecular weight excluding hydrogens is 344 g/mol. The number of benzene rings is 2. The zero-order chi connectivity index (χ0) is 19.9. The summed E-state index contributed by atoms with van der Waals surface area (Å²) in [6, 6.07) is 17.0. The van der Waals surface area contributed by atoms with Crippen molar-refractivity contribution in [1.82, 2.24) is 0 Å². The summed E-state index contributed by atoms with van der Waals surface area (Å²) in [5.41, 5.74) is 5.07. The van der Waals surface area contributed by atoms with Crippen molar-refractivity contribution in [3.63, 3.8) is 0 Å². The highest BCUT2D eigenvalue weighted by Crippen LogP contribution is 2.33. The van der Waals surface area contributed by atoms with E-state index < -0.39 is 0 Å². The van der Waals surface area contributed by atoms with Gasteiger partial charge in [-0.25, -0.2) is 0 Å². The lowest BCUT2D eigenvalue weighted by atomic mass is 9.81. The maximum absolute atomic E-state index is 11.7. The van der Waals surface area contributed by atoms with E-state index in [0.717, 1.165) is 32.1 Å². The maximum atomic E-state index is 11.7. The minimum atomic E-state index is -0.119. The van der Waals surface area contributed by atoms with E-state index in [1.165, 1.54) is 41.5 Å². The molecule has 2 heteroatoms. The second-order valence-electron chi connectivity index (χ2n) is 8.54. The number of rotatable bonds is 2. The molecule has 0 aromatic heterocycles. The predicted octanol–water partition coefficient (Wildman–Crippen LogP) is 6.24. The van der Waals surface area contributed by atoms with Gasteiger partial charge < -0.3 is 5.11 Å². The molecule has 0 amide bonds. The van der Waals surface area contributed by atoms with E-state index in [2.05, 4.69) is 62.4 Å². The standard InChI is InChI=1S/C13H18O.C13H16O/c2*1-10-6-8-11(9-7-10)12-4-2-3-5-13(12)14/h6-9,12-14H,2-5H2,1H3;6-9,12H,2-5H2,1H3. The van der Waals surface area contributed by atoms with Crippen molar-refractivity contribution in [2.24, 2.45) is 0 Å². The Morgan fingerprint density at radius 3 is 1.82 bits per heavy atom. The van der Waals surface area contributed by atoms with Crippen LogP contribution < -0.4 is 0 Å². The lowest BCUT2D eigenvalue weighted by molar-refractivity contribution is -0.121. The molecule has 28 heavy (non-hydrogen) atoms. The molecule has 2 aromatic rings. The third-order valence-corrected chi connectivity index (χ3v) is 6.27. The average Bonchev–Trinajstić information content (AvgIpc) is 2.71. The average molecular weight is 379 g/mol. The van der Waals surface area contributed by atoms with E-state index in [1.54, 1.807) is 0 Å². The third-order valence-electron chi connectivity index (χ3n) is 6.27. The first-order valence-corrected chi connectivity index (χ1v) is 10.9. The van der Waals surface area contributed by atoms with Crippen LogP contribution >= 0.6 is 0 Å². The van der Waals surface area contributed by atoms with Gasteiger partial charge in [0.1, 0.15) is 5.78 Å². The number of Topliss-reactive ketones (excluding diaryl/α,β-unsaturated/α-hetero) is 1. The molecule has 0 spiro atoms. The topological polar surface area (TPSA) is 37.3 Å². The Labute approximate surface area is 170 Å². The van der Waals surface area contributed by atoms with E-state index in [0.29, 0.717) is 11.7 Å². The van der Waals surface area contributed by atoms with Crippen LogP contribution in [0.25, 0.3) is 0 Å². The summed E-state index contributed by atoms with van der Waals surface area (Å²) in [6.07, 6.45) is 8.54. The van der Waals surface area contributed by atoms with Crippen molar-refractivity contribution in [1.29, 1.82) is 0 Å². The number of carbonyl (C=O) groups excluding carboxylic acids is 1. The largest absolute Gasteiger partial charge is 0.392 e. The molecule has 150 valence electrons. The van der Waals surface area contributed by atoms with Crippen molar-refractivity contribution in [2.45, 2.75) is 83.2 Å². The highest BCUT2D eigenvalue weighted by molar-refractivity contribution is 5.86. The summed E-state index contributed by atoms with van der Waals surface area (Å²) >= 11 is 0. The Kier molecular flexibility index (Phi) is 7.44. The van der Waals surface area contributed by atoms with E-state index in [9.17, 15) is 9.90 Å². The molecule has 2 fully saturated rings.